The number of nitrogens with zero attached hydrogens (tertiary/aromatic N) is 2. The molecule has 0 aliphatic carbocycles. The topological polar surface area (TPSA) is 44.8 Å². The summed E-state index contributed by atoms with van der Waals surface area (Å²) < 4.78 is 5.55. The van der Waals surface area contributed by atoms with Crippen LogP contribution in [0.15, 0.2) is 36.4 Å². The number of allylic oxidation sites excluding steroid dienone is 1. The van der Waals surface area contributed by atoms with E-state index in [4.69, 9.17) is 4.74 Å². The Morgan fingerprint density at radius 1 is 1.15 bits per heavy atom. The second kappa shape index (κ2) is 9.49. The summed E-state index contributed by atoms with van der Waals surface area (Å²) in [5.41, 5.74) is 2.26. The Bertz CT molecular complexity index is 630. The second-order valence-corrected chi connectivity index (χ2v) is 7.73. The van der Waals surface area contributed by atoms with E-state index in [1.807, 2.05) is 18.2 Å². The molecule has 0 atom stereocenters. The van der Waals surface area contributed by atoms with Gasteiger partial charge in [0.25, 0.3) is 0 Å². The number of hydrogen-bond acceptors (Lipinski definition) is 4. The highest BCUT2D eigenvalue weighted by molar-refractivity contribution is 5.95. The van der Waals surface area contributed by atoms with Gasteiger partial charge in [0, 0.05) is 31.2 Å². The van der Waals surface area contributed by atoms with Gasteiger partial charge in [-0.05, 0) is 50.5 Å². The largest absolute Gasteiger partial charge is 0.379 e. The van der Waals surface area contributed by atoms with Gasteiger partial charge >= 0.3 is 0 Å². The van der Waals surface area contributed by atoms with Crippen LogP contribution in [-0.4, -0.2) is 74.2 Å². The van der Waals surface area contributed by atoms with Crippen molar-refractivity contribution < 1.29 is 9.53 Å². The Labute approximate surface area is 163 Å². The van der Waals surface area contributed by atoms with Gasteiger partial charge in [0.05, 0.1) is 13.2 Å². The Morgan fingerprint density at radius 3 is 2.44 bits per heavy atom. The molecule has 1 aromatic rings. The van der Waals surface area contributed by atoms with Crippen molar-refractivity contribution in [2.24, 2.45) is 0 Å². The number of morpholine rings is 1. The first kappa shape index (κ1) is 20.1. The van der Waals surface area contributed by atoms with Gasteiger partial charge in [-0.3, -0.25) is 9.69 Å². The van der Waals surface area contributed by atoms with E-state index < -0.39 is 0 Å². The fraction of sp³-hybridized carbons (Fsp3) is 0.591. The molecule has 5 heteroatoms. The molecule has 2 heterocycles. The van der Waals surface area contributed by atoms with Gasteiger partial charge in [-0.2, -0.15) is 0 Å². The molecule has 2 saturated heterocycles. The van der Waals surface area contributed by atoms with Crippen molar-refractivity contribution in [3.63, 3.8) is 0 Å². The van der Waals surface area contributed by atoms with Crippen LogP contribution in [0.5, 0.6) is 0 Å². The van der Waals surface area contributed by atoms with Crippen molar-refractivity contribution in [3.05, 3.63) is 42.0 Å². The van der Waals surface area contributed by atoms with Crippen LogP contribution < -0.4 is 5.32 Å². The zero-order valence-corrected chi connectivity index (χ0v) is 16.7. The van der Waals surface area contributed by atoms with Crippen molar-refractivity contribution in [2.45, 2.75) is 31.7 Å². The number of piperidine rings is 1. The Kier molecular flexibility index (Phi) is 7.05. The zero-order chi connectivity index (χ0) is 19.1. The number of rotatable bonds is 6. The molecule has 5 nitrogen and oxygen atoms in total. The summed E-state index contributed by atoms with van der Waals surface area (Å²) in [4.78, 5) is 17.6. The average Bonchev–Trinajstić information content (AvgIpc) is 2.73. The lowest BCUT2D eigenvalue weighted by Gasteiger charge is -2.49. The highest BCUT2D eigenvalue weighted by Crippen LogP contribution is 2.29. The molecule has 2 aliphatic heterocycles. The number of carbonyl (C=O) groups excluding carboxylic acids is 1. The first-order valence-corrected chi connectivity index (χ1v) is 10.2. The molecule has 148 valence electrons. The maximum atomic E-state index is 12.7. The molecule has 0 saturated carbocycles. The summed E-state index contributed by atoms with van der Waals surface area (Å²) in [5, 5.41) is 3.22. The number of hydrogen-bond donors (Lipinski definition) is 1. The molecule has 0 radical (unpaired) electrons. The molecule has 0 spiro atoms. The van der Waals surface area contributed by atoms with E-state index >= 15 is 0 Å². The standard InChI is InChI=1S/C22H33N3O2/c1-3-19(20-7-5-4-6-8-20)17-21(26)23-18-22(9-11-24(2)12-10-22)25-13-15-27-16-14-25/h4-8,17H,3,9-16,18H2,1-2H3,(H,23,26)/b19-17+. The molecule has 2 aliphatic rings. The van der Waals surface area contributed by atoms with E-state index in [1.165, 1.54) is 0 Å². The maximum Gasteiger partial charge on any atom is 0.244 e. The predicted molar refractivity (Wildman–Crippen MR) is 110 cm³/mol. The summed E-state index contributed by atoms with van der Waals surface area (Å²) in [6, 6.07) is 10.2. The minimum absolute atomic E-state index is 0.0160. The summed E-state index contributed by atoms with van der Waals surface area (Å²) in [6.45, 7) is 8.46. The van der Waals surface area contributed by atoms with Crippen LogP contribution in [0, 0.1) is 0 Å². The van der Waals surface area contributed by atoms with Crippen LogP contribution in [0.2, 0.25) is 0 Å². The molecule has 27 heavy (non-hydrogen) atoms. The fourth-order valence-corrected chi connectivity index (χ4v) is 4.18. The van der Waals surface area contributed by atoms with Crippen molar-refractivity contribution >= 4 is 11.5 Å². The maximum absolute atomic E-state index is 12.7. The first-order valence-electron chi connectivity index (χ1n) is 10.2. The Balaban J connectivity index is 1.67. The molecule has 3 rings (SSSR count). The molecule has 0 bridgehead atoms. The third-order valence-electron chi connectivity index (χ3n) is 6.02. The van der Waals surface area contributed by atoms with Gasteiger partial charge in [0.15, 0.2) is 0 Å². The SMILES string of the molecule is CC/C(=C\C(=O)NCC1(N2CCOCC2)CCN(C)CC1)c1ccccc1. The molecular weight excluding hydrogens is 338 g/mol. The molecular formula is C22H33N3O2. The smallest absolute Gasteiger partial charge is 0.244 e. The van der Waals surface area contributed by atoms with Gasteiger partial charge in [-0.1, -0.05) is 37.3 Å². The van der Waals surface area contributed by atoms with Crippen molar-refractivity contribution in [3.8, 4) is 0 Å². The Hall–Kier alpha value is -1.69. The lowest BCUT2D eigenvalue weighted by Crippen LogP contribution is -2.62. The zero-order valence-electron chi connectivity index (χ0n) is 16.7. The number of ether oxygens (including phenoxy) is 1. The molecule has 1 amide bonds. The number of benzene rings is 1. The van der Waals surface area contributed by atoms with E-state index in [-0.39, 0.29) is 11.4 Å². The van der Waals surface area contributed by atoms with Gasteiger partial charge < -0.3 is 15.0 Å². The van der Waals surface area contributed by atoms with E-state index in [0.717, 1.165) is 69.8 Å². The number of amides is 1. The predicted octanol–water partition coefficient (Wildman–Crippen LogP) is 2.39. The van der Waals surface area contributed by atoms with Crippen LogP contribution in [-0.2, 0) is 9.53 Å². The van der Waals surface area contributed by atoms with Crippen molar-refractivity contribution in [1.29, 1.82) is 0 Å². The van der Waals surface area contributed by atoms with Crippen LogP contribution >= 0.6 is 0 Å². The van der Waals surface area contributed by atoms with Gasteiger partial charge in [-0.25, -0.2) is 0 Å². The quantitative estimate of drug-likeness (QED) is 0.780. The average molecular weight is 372 g/mol. The lowest BCUT2D eigenvalue weighted by molar-refractivity contribution is -0.118. The van der Waals surface area contributed by atoms with Crippen molar-refractivity contribution in [1.82, 2.24) is 15.1 Å². The highest BCUT2D eigenvalue weighted by Gasteiger charge is 2.39. The third kappa shape index (κ3) is 5.18. The number of nitrogens with one attached hydrogen (secondary N) is 1. The highest BCUT2D eigenvalue weighted by atomic mass is 16.5. The minimum atomic E-state index is 0.0160. The van der Waals surface area contributed by atoms with Crippen LogP contribution in [0.4, 0.5) is 0 Å². The number of likely N-dealkylation sites (tertiary alicyclic amines) is 1. The van der Waals surface area contributed by atoms with E-state index in [9.17, 15) is 4.79 Å². The van der Waals surface area contributed by atoms with E-state index in [2.05, 4.69) is 41.2 Å². The minimum Gasteiger partial charge on any atom is -0.379 e. The normalized spacial score (nSPS) is 21.8. The van der Waals surface area contributed by atoms with E-state index in [1.54, 1.807) is 6.08 Å². The fourth-order valence-electron chi connectivity index (χ4n) is 4.18. The van der Waals surface area contributed by atoms with Crippen LogP contribution in [0.25, 0.3) is 5.57 Å². The molecule has 2 fully saturated rings. The van der Waals surface area contributed by atoms with Crippen LogP contribution in [0.3, 0.4) is 0 Å². The first-order chi connectivity index (χ1) is 13.1. The number of carbonyl (C=O) groups is 1. The van der Waals surface area contributed by atoms with Crippen LogP contribution in [0.1, 0.15) is 31.7 Å². The second-order valence-electron chi connectivity index (χ2n) is 7.73. The molecule has 1 N–H and O–H groups in total. The van der Waals surface area contributed by atoms with Gasteiger partial charge in [0.2, 0.25) is 5.91 Å². The van der Waals surface area contributed by atoms with Crippen molar-refractivity contribution in [2.75, 3.05) is 53.0 Å². The monoisotopic (exact) mass is 371 g/mol. The third-order valence-corrected chi connectivity index (χ3v) is 6.02. The summed E-state index contributed by atoms with van der Waals surface area (Å²) >= 11 is 0. The summed E-state index contributed by atoms with van der Waals surface area (Å²) in [5.74, 6) is 0.0160. The Morgan fingerprint density at radius 2 is 1.81 bits per heavy atom. The lowest BCUT2D eigenvalue weighted by atomic mass is 9.85. The molecule has 0 unspecified atom stereocenters. The molecule has 0 aromatic heterocycles. The van der Waals surface area contributed by atoms with E-state index in [0.29, 0.717) is 6.54 Å². The van der Waals surface area contributed by atoms with Gasteiger partial charge in [-0.15, -0.1) is 0 Å². The van der Waals surface area contributed by atoms with Gasteiger partial charge in [0.1, 0.15) is 0 Å². The summed E-state index contributed by atoms with van der Waals surface area (Å²) in [6.07, 6.45) is 4.80. The summed E-state index contributed by atoms with van der Waals surface area (Å²) in [7, 11) is 2.18. The molecule has 1 aromatic carbocycles.